The van der Waals surface area contributed by atoms with Crippen LogP contribution in [0.4, 0.5) is 4.79 Å². The van der Waals surface area contributed by atoms with E-state index in [9.17, 15) is 9.90 Å². The molecule has 0 fully saturated rings. The van der Waals surface area contributed by atoms with Crippen LogP contribution in [0.1, 0.15) is 43.8 Å². The predicted octanol–water partition coefficient (Wildman–Crippen LogP) is 5.56. The smallest absolute Gasteiger partial charge is 0.407 e. The van der Waals surface area contributed by atoms with Crippen molar-refractivity contribution >= 4 is 6.09 Å². The molecule has 4 rings (SSSR count). The van der Waals surface area contributed by atoms with Gasteiger partial charge in [0.1, 0.15) is 12.4 Å². The van der Waals surface area contributed by atoms with Crippen molar-refractivity contribution in [2.75, 3.05) is 13.1 Å². The summed E-state index contributed by atoms with van der Waals surface area (Å²) >= 11 is 0. The summed E-state index contributed by atoms with van der Waals surface area (Å²) in [6, 6.07) is 29.8. The highest BCUT2D eigenvalue weighted by Crippen LogP contribution is 2.34. The first-order chi connectivity index (χ1) is 18.8. The number of imidazole rings is 1. The van der Waals surface area contributed by atoms with Gasteiger partial charge >= 0.3 is 6.09 Å². The second-order valence-electron chi connectivity index (χ2n) is 10.8. The summed E-state index contributed by atoms with van der Waals surface area (Å²) in [5.41, 5.74) is 3.85. The van der Waals surface area contributed by atoms with Gasteiger partial charge in [-0.3, -0.25) is 0 Å². The van der Waals surface area contributed by atoms with Crippen LogP contribution in [0.3, 0.4) is 0 Å². The summed E-state index contributed by atoms with van der Waals surface area (Å²) in [5, 5.41) is 16.8. The van der Waals surface area contributed by atoms with Crippen LogP contribution < -0.4 is 10.6 Å². The molecule has 0 radical (unpaired) electrons. The Morgan fingerprint density at radius 3 is 2.10 bits per heavy atom. The third-order valence-corrected chi connectivity index (χ3v) is 6.45. The van der Waals surface area contributed by atoms with Gasteiger partial charge in [0.15, 0.2) is 0 Å². The van der Waals surface area contributed by atoms with Crippen molar-refractivity contribution in [2.24, 2.45) is 5.41 Å². The molecule has 0 aliphatic rings. The second kappa shape index (κ2) is 13.2. The largest absolute Gasteiger partial charge is 0.445 e. The molecular weight excluding hydrogens is 488 g/mol. The molecule has 0 saturated heterocycles. The maximum absolute atomic E-state index is 12.1. The van der Waals surface area contributed by atoms with Crippen LogP contribution in [0.5, 0.6) is 0 Å². The van der Waals surface area contributed by atoms with Gasteiger partial charge in [0.2, 0.25) is 0 Å². The summed E-state index contributed by atoms with van der Waals surface area (Å²) in [4.78, 5) is 17.2. The lowest BCUT2D eigenvalue weighted by Gasteiger charge is -2.32. The quantitative estimate of drug-likeness (QED) is 0.238. The van der Waals surface area contributed by atoms with E-state index in [2.05, 4.69) is 66.4 Å². The van der Waals surface area contributed by atoms with Crippen LogP contribution in [0.25, 0.3) is 11.3 Å². The number of hydrogen-bond acceptors (Lipinski definition) is 5. The maximum atomic E-state index is 12.1. The number of carbonyl (C=O) groups is 1. The van der Waals surface area contributed by atoms with Crippen molar-refractivity contribution in [2.45, 2.75) is 46.1 Å². The molecule has 204 valence electrons. The summed E-state index contributed by atoms with van der Waals surface area (Å²) in [6.45, 7) is 7.67. The average Bonchev–Trinajstić information content (AvgIpc) is 3.34. The lowest BCUT2D eigenvalue weighted by Crippen LogP contribution is -2.42. The Labute approximate surface area is 230 Å². The molecule has 1 amide bonds. The minimum atomic E-state index is -0.801. The Morgan fingerprint density at radius 1 is 0.897 bits per heavy atom. The fraction of sp³-hybridized carbons (Fsp3) is 0.312. The van der Waals surface area contributed by atoms with Gasteiger partial charge in [-0.05, 0) is 16.5 Å². The van der Waals surface area contributed by atoms with Gasteiger partial charge in [-0.15, -0.1) is 0 Å². The fourth-order valence-corrected chi connectivity index (χ4v) is 4.40. The minimum absolute atomic E-state index is 0.0746. The highest BCUT2D eigenvalue weighted by molar-refractivity contribution is 5.67. The zero-order chi connectivity index (χ0) is 27.7. The van der Waals surface area contributed by atoms with E-state index in [4.69, 9.17) is 9.72 Å². The van der Waals surface area contributed by atoms with Gasteiger partial charge in [0.05, 0.1) is 17.8 Å². The highest BCUT2D eigenvalue weighted by atomic mass is 16.5. The number of aliphatic hydroxyl groups excluding tert-OH is 1. The number of nitrogens with one attached hydrogen (secondary N) is 2. The Morgan fingerprint density at radius 2 is 1.49 bits per heavy atom. The Hall–Kier alpha value is -3.94. The van der Waals surface area contributed by atoms with Crippen molar-refractivity contribution in [1.82, 2.24) is 20.2 Å². The van der Waals surface area contributed by atoms with Crippen molar-refractivity contribution in [3.05, 3.63) is 114 Å². The molecule has 3 aromatic carbocycles. The highest BCUT2D eigenvalue weighted by Gasteiger charge is 2.31. The van der Waals surface area contributed by atoms with Crippen LogP contribution in [-0.4, -0.2) is 39.9 Å². The molecule has 4 aromatic rings. The van der Waals surface area contributed by atoms with Crippen LogP contribution in [-0.2, 0) is 17.9 Å². The number of benzene rings is 3. The van der Waals surface area contributed by atoms with E-state index >= 15 is 0 Å². The van der Waals surface area contributed by atoms with Crippen molar-refractivity contribution in [3.8, 4) is 11.3 Å². The van der Waals surface area contributed by atoms with Crippen LogP contribution >= 0.6 is 0 Å². The number of hydrogen-bond donors (Lipinski definition) is 3. The van der Waals surface area contributed by atoms with E-state index in [1.54, 1.807) is 0 Å². The van der Waals surface area contributed by atoms with Crippen molar-refractivity contribution < 1.29 is 14.6 Å². The first kappa shape index (κ1) is 28.1. The number of nitrogens with zero attached hydrogens (tertiary/aromatic N) is 2. The molecular formula is C32H38N4O3. The van der Waals surface area contributed by atoms with Crippen molar-refractivity contribution in [3.63, 3.8) is 0 Å². The number of aliphatic hydroxyl groups is 1. The normalized spacial score (nSPS) is 13.0. The number of amides is 1. The second-order valence-corrected chi connectivity index (χ2v) is 10.8. The monoisotopic (exact) mass is 526 g/mol. The number of alkyl carbamates (subject to hydrolysis) is 1. The minimum Gasteiger partial charge on any atom is -0.445 e. The molecule has 0 aliphatic carbocycles. The third kappa shape index (κ3) is 8.27. The van der Waals surface area contributed by atoms with Crippen molar-refractivity contribution in [1.29, 1.82) is 0 Å². The van der Waals surface area contributed by atoms with E-state index in [1.165, 1.54) is 5.56 Å². The molecule has 2 atom stereocenters. The van der Waals surface area contributed by atoms with Gasteiger partial charge in [0.25, 0.3) is 0 Å². The molecule has 39 heavy (non-hydrogen) atoms. The molecule has 0 bridgehead atoms. The Kier molecular flexibility index (Phi) is 9.52. The van der Waals surface area contributed by atoms with E-state index in [-0.39, 0.29) is 31.2 Å². The lowest BCUT2D eigenvalue weighted by atomic mass is 9.86. The van der Waals surface area contributed by atoms with Gasteiger partial charge < -0.3 is 25.0 Å². The summed E-state index contributed by atoms with van der Waals surface area (Å²) in [5.74, 6) is 0.896. The van der Waals surface area contributed by atoms with E-state index in [0.717, 1.165) is 22.6 Å². The van der Waals surface area contributed by atoms with E-state index < -0.39 is 12.2 Å². The van der Waals surface area contributed by atoms with Gasteiger partial charge in [-0.1, -0.05) is 112 Å². The van der Waals surface area contributed by atoms with E-state index in [1.807, 2.05) is 66.7 Å². The lowest BCUT2D eigenvalue weighted by molar-refractivity contribution is 0.120. The topological polar surface area (TPSA) is 88.4 Å². The first-order valence-electron chi connectivity index (χ1n) is 13.3. The van der Waals surface area contributed by atoms with Crippen LogP contribution in [0.15, 0.2) is 97.2 Å². The first-order valence-corrected chi connectivity index (χ1v) is 13.3. The SMILES string of the molecule is CC(C)(C)[C@@H](NCC(O)CNC(=O)OCc1ccccc1)c1nc(-c2ccccc2)cn1Cc1ccccc1. The number of aromatic nitrogens is 2. The van der Waals surface area contributed by atoms with Crippen LogP contribution in [0, 0.1) is 5.41 Å². The molecule has 1 unspecified atom stereocenters. The number of ether oxygens (including phenoxy) is 1. The van der Waals surface area contributed by atoms with Crippen LogP contribution in [0.2, 0.25) is 0 Å². The molecule has 7 heteroatoms. The predicted molar refractivity (Wildman–Crippen MR) is 154 cm³/mol. The molecule has 0 saturated carbocycles. The van der Waals surface area contributed by atoms with Gasteiger partial charge in [-0.25, -0.2) is 9.78 Å². The standard InChI is InChI=1S/C32H38N4O3/c1-32(2,3)29(33-19-27(37)20-34-31(38)39-23-25-15-9-5-10-16-25)30-35-28(26-17-11-6-12-18-26)22-36(30)21-24-13-7-4-8-14-24/h4-18,22,27,29,33,37H,19-21,23H2,1-3H3,(H,34,38)/t27?,29-/m0/s1. The summed E-state index contributed by atoms with van der Waals surface area (Å²) in [7, 11) is 0. The molecule has 7 nitrogen and oxygen atoms in total. The maximum Gasteiger partial charge on any atom is 0.407 e. The third-order valence-electron chi connectivity index (χ3n) is 6.45. The summed E-state index contributed by atoms with van der Waals surface area (Å²) < 4.78 is 7.44. The average molecular weight is 527 g/mol. The summed E-state index contributed by atoms with van der Waals surface area (Å²) in [6.07, 6.45) is 0.736. The Balaban J connectivity index is 1.44. The number of rotatable bonds is 11. The number of carbonyl (C=O) groups excluding carboxylic acids is 1. The zero-order valence-electron chi connectivity index (χ0n) is 22.9. The molecule has 0 aliphatic heterocycles. The van der Waals surface area contributed by atoms with E-state index in [0.29, 0.717) is 6.54 Å². The fourth-order valence-electron chi connectivity index (χ4n) is 4.40. The molecule has 1 aromatic heterocycles. The molecule has 1 heterocycles. The van der Waals surface area contributed by atoms with Gasteiger partial charge in [0, 0.05) is 31.4 Å². The Bertz CT molecular complexity index is 1300. The van der Waals surface area contributed by atoms with Gasteiger partial charge in [-0.2, -0.15) is 0 Å². The molecule has 0 spiro atoms. The molecule has 3 N–H and O–H groups in total. The zero-order valence-corrected chi connectivity index (χ0v) is 22.9.